The average molecular weight is 282 g/mol. The van der Waals surface area contributed by atoms with E-state index in [0.29, 0.717) is 6.54 Å². The molecule has 1 aromatic carbocycles. The Hall–Kier alpha value is -2.07. The van der Waals surface area contributed by atoms with Gasteiger partial charge in [-0.05, 0) is 30.7 Å². The Bertz CT molecular complexity index is 603. The summed E-state index contributed by atoms with van der Waals surface area (Å²) >= 11 is 0. The lowest BCUT2D eigenvalue weighted by Crippen LogP contribution is -2.47. The van der Waals surface area contributed by atoms with E-state index < -0.39 is 0 Å². The maximum atomic E-state index is 5.82. The molecule has 1 aromatic heterocycles. The number of aromatic nitrogens is 1. The first-order valence-electron chi connectivity index (χ1n) is 7.48. The molecule has 1 saturated heterocycles. The number of piperazine rings is 1. The van der Waals surface area contributed by atoms with Gasteiger partial charge >= 0.3 is 0 Å². The van der Waals surface area contributed by atoms with E-state index in [-0.39, 0.29) is 0 Å². The minimum Gasteiger partial charge on any atom is -0.368 e. The van der Waals surface area contributed by atoms with Crippen molar-refractivity contribution in [1.82, 2.24) is 4.98 Å². The summed E-state index contributed by atoms with van der Waals surface area (Å²) in [6.45, 7) is 6.69. The van der Waals surface area contributed by atoms with Gasteiger partial charge < -0.3 is 15.5 Å². The zero-order valence-electron chi connectivity index (χ0n) is 12.5. The maximum Gasteiger partial charge on any atom is 0.133 e. The summed E-state index contributed by atoms with van der Waals surface area (Å²) in [6.07, 6.45) is 1.85. The second kappa shape index (κ2) is 6.14. The van der Waals surface area contributed by atoms with Gasteiger partial charge in [0.25, 0.3) is 0 Å². The summed E-state index contributed by atoms with van der Waals surface area (Å²) in [5.41, 5.74) is 9.57. The molecule has 0 amide bonds. The number of hydrogen-bond donors (Lipinski definition) is 1. The standard InChI is InChI=1S/C17H22N4/c1-14-4-2-6-16(12-14)20-8-10-21(11-9-20)17-15(13-18)5-3-7-19-17/h2-7,12H,8-11,13,18H2,1H3. The number of rotatable bonds is 3. The number of nitrogens with two attached hydrogens (primary N) is 1. The van der Waals surface area contributed by atoms with Crippen LogP contribution in [0.15, 0.2) is 42.6 Å². The third-order valence-electron chi connectivity index (χ3n) is 4.03. The zero-order chi connectivity index (χ0) is 14.7. The van der Waals surface area contributed by atoms with Crippen LogP contribution in [-0.2, 0) is 6.54 Å². The van der Waals surface area contributed by atoms with Crippen LogP contribution in [0.25, 0.3) is 0 Å². The van der Waals surface area contributed by atoms with Crippen molar-refractivity contribution in [3.8, 4) is 0 Å². The van der Waals surface area contributed by atoms with Gasteiger partial charge in [-0.2, -0.15) is 0 Å². The minimum atomic E-state index is 0.543. The Morgan fingerprint density at radius 1 is 1.05 bits per heavy atom. The Balaban J connectivity index is 1.70. The Labute approximate surface area is 126 Å². The molecular formula is C17H22N4. The minimum absolute atomic E-state index is 0.543. The van der Waals surface area contributed by atoms with Gasteiger partial charge in [-0.1, -0.05) is 18.2 Å². The summed E-state index contributed by atoms with van der Waals surface area (Å²) in [5.74, 6) is 1.05. The topological polar surface area (TPSA) is 45.4 Å². The molecule has 4 heteroatoms. The first-order chi connectivity index (χ1) is 10.3. The highest BCUT2D eigenvalue weighted by molar-refractivity contribution is 5.52. The number of benzene rings is 1. The molecule has 0 saturated carbocycles. The Kier molecular flexibility index (Phi) is 4.06. The summed E-state index contributed by atoms with van der Waals surface area (Å²) < 4.78 is 0. The molecule has 2 aromatic rings. The quantitative estimate of drug-likeness (QED) is 0.937. The molecule has 0 aliphatic carbocycles. The van der Waals surface area contributed by atoms with E-state index in [1.54, 1.807) is 0 Å². The van der Waals surface area contributed by atoms with Gasteiger partial charge in [0.15, 0.2) is 0 Å². The maximum absolute atomic E-state index is 5.82. The van der Waals surface area contributed by atoms with Crippen molar-refractivity contribution < 1.29 is 0 Å². The highest BCUT2D eigenvalue weighted by Gasteiger charge is 2.19. The molecule has 0 bridgehead atoms. The van der Waals surface area contributed by atoms with Crippen molar-refractivity contribution in [1.29, 1.82) is 0 Å². The van der Waals surface area contributed by atoms with Crippen molar-refractivity contribution in [3.63, 3.8) is 0 Å². The summed E-state index contributed by atoms with van der Waals surface area (Å²) in [7, 11) is 0. The van der Waals surface area contributed by atoms with Crippen LogP contribution in [0.4, 0.5) is 11.5 Å². The van der Waals surface area contributed by atoms with Crippen LogP contribution in [0.2, 0.25) is 0 Å². The van der Waals surface area contributed by atoms with E-state index >= 15 is 0 Å². The molecular weight excluding hydrogens is 260 g/mol. The van der Waals surface area contributed by atoms with Gasteiger partial charge in [0.05, 0.1) is 0 Å². The first kappa shape index (κ1) is 13.9. The van der Waals surface area contributed by atoms with Crippen LogP contribution < -0.4 is 15.5 Å². The summed E-state index contributed by atoms with van der Waals surface area (Å²) in [6, 6.07) is 12.7. The van der Waals surface area contributed by atoms with Crippen molar-refractivity contribution in [3.05, 3.63) is 53.7 Å². The van der Waals surface area contributed by atoms with Crippen LogP contribution in [0.3, 0.4) is 0 Å². The van der Waals surface area contributed by atoms with Crippen molar-refractivity contribution in [2.75, 3.05) is 36.0 Å². The van der Waals surface area contributed by atoms with Gasteiger partial charge in [-0.3, -0.25) is 0 Å². The molecule has 2 heterocycles. The number of hydrogen-bond acceptors (Lipinski definition) is 4. The molecule has 21 heavy (non-hydrogen) atoms. The number of aryl methyl sites for hydroxylation is 1. The van der Waals surface area contributed by atoms with Crippen LogP contribution in [-0.4, -0.2) is 31.2 Å². The molecule has 1 aliphatic heterocycles. The highest BCUT2D eigenvalue weighted by Crippen LogP contribution is 2.22. The van der Waals surface area contributed by atoms with Gasteiger partial charge in [0.2, 0.25) is 0 Å². The molecule has 2 N–H and O–H groups in total. The predicted octanol–water partition coefficient (Wildman–Crippen LogP) is 2.18. The van der Waals surface area contributed by atoms with E-state index in [1.165, 1.54) is 11.3 Å². The molecule has 3 rings (SSSR count). The van der Waals surface area contributed by atoms with E-state index in [1.807, 2.05) is 12.3 Å². The zero-order valence-corrected chi connectivity index (χ0v) is 12.5. The first-order valence-corrected chi connectivity index (χ1v) is 7.48. The molecule has 0 spiro atoms. The second-order valence-corrected chi connectivity index (χ2v) is 5.50. The molecule has 1 fully saturated rings. The molecule has 4 nitrogen and oxygen atoms in total. The van der Waals surface area contributed by atoms with Crippen molar-refractivity contribution in [2.24, 2.45) is 5.73 Å². The van der Waals surface area contributed by atoms with Gasteiger partial charge in [-0.25, -0.2) is 4.98 Å². The normalized spacial score (nSPS) is 15.3. The fourth-order valence-corrected chi connectivity index (χ4v) is 2.88. The van der Waals surface area contributed by atoms with Crippen LogP contribution in [0.5, 0.6) is 0 Å². The van der Waals surface area contributed by atoms with E-state index in [9.17, 15) is 0 Å². The van der Waals surface area contributed by atoms with Crippen LogP contribution in [0, 0.1) is 6.92 Å². The average Bonchev–Trinajstić information content (AvgIpc) is 2.55. The van der Waals surface area contributed by atoms with E-state index in [4.69, 9.17) is 5.73 Å². The molecule has 0 radical (unpaired) electrons. The number of anilines is 2. The fraction of sp³-hybridized carbons (Fsp3) is 0.353. The van der Waals surface area contributed by atoms with Crippen molar-refractivity contribution >= 4 is 11.5 Å². The SMILES string of the molecule is Cc1cccc(N2CCN(c3ncccc3CN)CC2)c1. The van der Waals surface area contributed by atoms with Crippen LogP contribution >= 0.6 is 0 Å². The molecule has 1 aliphatic rings. The molecule has 0 unspecified atom stereocenters. The third-order valence-corrected chi connectivity index (χ3v) is 4.03. The fourth-order valence-electron chi connectivity index (χ4n) is 2.88. The Morgan fingerprint density at radius 3 is 2.52 bits per heavy atom. The van der Waals surface area contributed by atoms with Crippen molar-refractivity contribution in [2.45, 2.75) is 13.5 Å². The molecule has 0 atom stereocenters. The van der Waals surface area contributed by atoms with Crippen LogP contribution in [0.1, 0.15) is 11.1 Å². The molecule has 110 valence electrons. The van der Waals surface area contributed by atoms with Gasteiger partial charge in [-0.15, -0.1) is 0 Å². The lowest BCUT2D eigenvalue weighted by molar-refractivity contribution is 0.644. The smallest absolute Gasteiger partial charge is 0.133 e. The summed E-state index contributed by atoms with van der Waals surface area (Å²) in [4.78, 5) is 9.29. The lowest BCUT2D eigenvalue weighted by Gasteiger charge is -2.37. The van der Waals surface area contributed by atoms with E-state index in [2.05, 4.69) is 52.0 Å². The number of pyridine rings is 1. The second-order valence-electron chi connectivity index (χ2n) is 5.50. The summed E-state index contributed by atoms with van der Waals surface area (Å²) in [5, 5.41) is 0. The Morgan fingerprint density at radius 2 is 1.81 bits per heavy atom. The lowest BCUT2D eigenvalue weighted by atomic mass is 10.1. The van der Waals surface area contributed by atoms with Gasteiger partial charge in [0.1, 0.15) is 5.82 Å². The monoisotopic (exact) mass is 282 g/mol. The third kappa shape index (κ3) is 3.00. The van der Waals surface area contributed by atoms with Gasteiger partial charge in [0, 0.05) is 50.2 Å². The predicted molar refractivity (Wildman–Crippen MR) is 87.7 cm³/mol. The highest BCUT2D eigenvalue weighted by atomic mass is 15.3. The van der Waals surface area contributed by atoms with E-state index in [0.717, 1.165) is 37.6 Å². The largest absolute Gasteiger partial charge is 0.368 e. The number of nitrogens with zero attached hydrogens (tertiary/aromatic N) is 3.